The second-order valence-electron chi connectivity index (χ2n) is 3.43. The van der Waals surface area contributed by atoms with E-state index in [0.29, 0.717) is 24.9 Å². The second kappa shape index (κ2) is 5.47. The highest BCUT2D eigenvalue weighted by molar-refractivity contribution is 6.28. The normalized spacial score (nSPS) is 9.69. The zero-order chi connectivity index (χ0) is 12.1. The molecule has 0 aliphatic carbocycles. The summed E-state index contributed by atoms with van der Waals surface area (Å²) in [5.74, 6) is 0.970. The number of halogens is 1. The zero-order valence-electron chi connectivity index (χ0n) is 9.48. The molecule has 0 bridgehead atoms. The average Bonchev–Trinajstić information content (AvgIpc) is 2.24. The van der Waals surface area contributed by atoms with Crippen LogP contribution in [0.1, 0.15) is 6.42 Å². The molecule has 6 nitrogen and oxygen atoms in total. The summed E-state index contributed by atoms with van der Waals surface area (Å²) in [6, 6.07) is 2.06. The Kier molecular flexibility index (Phi) is 4.26. The molecule has 7 heteroatoms. The number of aromatic nitrogens is 3. The van der Waals surface area contributed by atoms with E-state index in [0.717, 1.165) is 0 Å². The van der Waals surface area contributed by atoms with E-state index in [1.165, 1.54) is 0 Å². The molecule has 0 spiro atoms. The van der Waals surface area contributed by atoms with Crippen molar-refractivity contribution in [2.24, 2.45) is 0 Å². The van der Waals surface area contributed by atoms with Gasteiger partial charge >= 0.3 is 0 Å². The highest BCUT2D eigenvalue weighted by Crippen LogP contribution is 2.14. The summed E-state index contributed by atoms with van der Waals surface area (Å²) in [4.78, 5) is 15.7. The minimum Gasteiger partial charge on any atom is -0.347 e. The van der Waals surface area contributed by atoms with Crippen molar-refractivity contribution < 1.29 is 0 Å². The van der Waals surface area contributed by atoms with Gasteiger partial charge in [-0.15, -0.1) is 0 Å². The number of anilines is 2. The van der Waals surface area contributed by atoms with Gasteiger partial charge in [0, 0.05) is 27.7 Å². The van der Waals surface area contributed by atoms with Crippen LogP contribution >= 0.6 is 11.6 Å². The molecular weight excluding hydrogens is 228 g/mol. The molecule has 0 saturated carbocycles. The van der Waals surface area contributed by atoms with Gasteiger partial charge in [-0.05, 0) is 11.6 Å². The SMILES string of the molecule is CN(C)c1nc(Cl)nc(N(C)CCC#N)n1. The fourth-order valence-corrected chi connectivity index (χ4v) is 1.17. The summed E-state index contributed by atoms with van der Waals surface area (Å²) in [7, 11) is 5.46. The van der Waals surface area contributed by atoms with Gasteiger partial charge < -0.3 is 9.80 Å². The Bertz CT molecular complexity index is 399. The molecule has 1 aromatic heterocycles. The third kappa shape index (κ3) is 3.21. The van der Waals surface area contributed by atoms with Crippen LogP contribution in [0.3, 0.4) is 0 Å². The molecule has 0 radical (unpaired) electrons. The predicted octanol–water partition coefficient (Wildman–Crippen LogP) is 0.941. The summed E-state index contributed by atoms with van der Waals surface area (Å²) in [5.41, 5.74) is 0. The highest BCUT2D eigenvalue weighted by Gasteiger charge is 2.10. The lowest BCUT2D eigenvalue weighted by Gasteiger charge is -2.17. The topological polar surface area (TPSA) is 68.9 Å². The predicted molar refractivity (Wildman–Crippen MR) is 62.7 cm³/mol. The molecule has 16 heavy (non-hydrogen) atoms. The van der Waals surface area contributed by atoms with Gasteiger partial charge in [0.15, 0.2) is 0 Å². The first-order valence-electron chi connectivity index (χ1n) is 4.71. The van der Waals surface area contributed by atoms with E-state index in [-0.39, 0.29) is 5.28 Å². The van der Waals surface area contributed by atoms with E-state index in [1.54, 1.807) is 9.80 Å². The number of rotatable bonds is 4. The van der Waals surface area contributed by atoms with E-state index in [4.69, 9.17) is 16.9 Å². The van der Waals surface area contributed by atoms with Crippen molar-refractivity contribution in [3.05, 3.63) is 5.28 Å². The maximum absolute atomic E-state index is 8.50. The summed E-state index contributed by atoms with van der Waals surface area (Å²) < 4.78 is 0. The minimum atomic E-state index is 0.150. The van der Waals surface area contributed by atoms with E-state index in [1.807, 2.05) is 21.1 Å². The zero-order valence-corrected chi connectivity index (χ0v) is 10.2. The third-order valence-corrected chi connectivity index (χ3v) is 2.05. The van der Waals surface area contributed by atoms with Crippen LogP contribution in [0.2, 0.25) is 5.28 Å². The van der Waals surface area contributed by atoms with Crippen molar-refractivity contribution in [1.29, 1.82) is 5.26 Å². The molecular formula is C9H13ClN6. The Balaban J connectivity index is 2.92. The fraction of sp³-hybridized carbons (Fsp3) is 0.556. The Labute approximate surface area is 99.5 Å². The smallest absolute Gasteiger partial charge is 0.231 e. The van der Waals surface area contributed by atoms with Crippen LogP contribution in [-0.2, 0) is 0 Å². The van der Waals surface area contributed by atoms with Gasteiger partial charge in [-0.3, -0.25) is 0 Å². The molecule has 0 aromatic carbocycles. The number of hydrogen-bond donors (Lipinski definition) is 0. The lowest BCUT2D eigenvalue weighted by atomic mass is 10.4. The Morgan fingerprint density at radius 2 is 1.81 bits per heavy atom. The molecule has 0 aliphatic heterocycles. The standard InChI is InChI=1S/C9H13ClN6/c1-15(2)8-12-7(10)13-9(14-8)16(3)6-4-5-11/h4,6H2,1-3H3. The largest absolute Gasteiger partial charge is 0.347 e. The van der Waals surface area contributed by atoms with E-state index in [2.05, 4.69) is 21.0 Å². The summed E-state index contributed by atoms with van der Waals surface area (Å²) >= 11 is 5.79. The van der Waals surface area contributed by atoms with Gasteiger partial charge in [0.05, 0.1) is 12.5 Å². The van der Waals surface area contributed by atoms with E-state index in [9.17, 15) is 0 Å². The van der Waals surface area contributed by atoms with Gasteiger partial charge in [-0.2, -0.15) is 20.2 Å². The molecule has 0 fully saturated rings. The van der Waals surface area contributed by atoms with Crippen LogP contribution in [0.15, 0.2) is 0 Å². The summed E-state index contributed by atoms with van der Waals surface area (Å²) in [6.07, 6.45) is 0.414. The van der Waals surface area contributed by atoms with Crippen molar-refractivity contribution in [3.8, 4) is 6.07 Å². The Morgan fingerprint density at radius 1 is 1.19 bits per heavy atom. The van der Waals surface area contributed by atoms with Crippen LogP contribution < -0.4 is 9.80 Å². The molecule has 1 rings (SSSR count). The first kappa shape index (κ1) is 12.5. The maximum Gasteiger partial charge on any atom is 0.231 e. The van der Waals surface area contributed by atoms with Gasteiger partial charge in [0.1, 0.15) is 0 Å². The van der Waals surface area contributed by atoms with E-state index >= 15 is 0 Å². The molecule has 0 amide bonds. The Morgan fingerprint density at radius 3 is 2.38 bits per heavy atom. The number of nitriles is 1. The molecule has 0 atom stereocenters. The molecule has 0 N–H and O–H groups in total. The molecule has 0 unspecified atom stereocenters. The fourth-order valence-electron chi connectivity index (χ4n) is 1.02. The van der Waals surface area contributed by atoms with Crippen LogP contribution in [0.4, 0.5) is 11.9 Å². The quantitative estimate of drug-likeness (QED) is 0.780. The van der Waals surface area contributed by atoms with Gasteiger partial charge in [0.25, 0.3) is 0 Å². The van der Waals surface area contributed by atoms with Crippen molar-refractivity contribution in [2.75, 3.05) is 37.5 Å². The molecule has 0 aliphatic rings. The van der Waals surface area contributed by atoms with Crippen molar-refractivity contribution in [2.45, 2.75) is 6.42 Å². The van der Waals surface area contributed by atoms with E-state index < -0.39 is 0 Å². The monoisotopic (exact) mass is 240 g/mol. The maximum atomic E-state index is 8.50. The lowest BCUT2D eigenvalue weighted by molar-refractivity contribution is 0.837. The average molecular weight is 241 g/mol. The molecule has 0 saturated heterocycles. The lowest BCUT2D eigenvalue weighted by Crippen LogP contribution is -2.23. The van der Waals surface area contributed by atoms with Crippen LogP contribution in [-0.4, -0.2) is 42.6 Å². The van der Waals surface area contributed by atoms with Gasteiger partial charge in [0.2, 0.25) is 17.2 Å². The summed E-state index contributed by atoms with van der Waals surface area (Å²) in [5, 5.41) is 8.65. The van der Waals surface area contributed by atoms with Crippen molar-refractivity contribution >= 4 is 23.5 Å². The number of nitrogens with zero attached hydrogens (tertiary/aromatic N) is 6. The molecule has 1 heterocycles. The number of hydrogen-bond acceptors (Lipinski definition) is 6. The van der Waals surface area contributed by atoms with Crippen LogP contribution in [0.25, 0.3) is 0 Å². The highest BCUT2D eigenvalue weighted by atomic mass is 35.5. The molecule has 1 aromatic rings. The molecule has 86 valence electrons. The van der Waals surface area contributed by atoms with Crippen molar-refractivity contribution in [1.82, 2.24) is 15.0 Å². The minimum absolute atomic E-state index is 0.150. The van der Waals surface area contributed by atoms with Crippen LogP contribution in [0.5, 0.6) is 0 Å². The van der Waals surface area contributed by atoms with Gasteiger partial charge in [-0.1, -0.05) is 0 Å². The van der Waals surface area contributed by atoms with Gasteiger partial charge in [-0.25, -0.2) is 0 Å². The first-order chi connectivity index (χ1) is 7.54. The first-order valence-corrected chi connectivity index (χ1v) is 5.09. The van der Waals surface area contributed by atoms with Crippen LogP contribution in [0, 0.1) is 11.3 Å². The second-order valence-corrected chi connectivity index (χ2v) is 3.77. The Hall–Kier alpha value is -1.61. The third-order valence-electron chi connectivity index (χ3n) is 1.88. The van der Waals surface area contributed by atoms with Crippen molar-refractivity contribution in [3.63, 3.8) is 0 Å². The summed E-state index contributed by atoms with van der Waals surface area (Å²) in [6.45, 7) is 0.559.